The number of ether oxygens (including phenoxy) is 1. The van der Waals surface area contributed by atoms with Crippen LogP contribution in [0.2, 0.25) is 0 Å². The number of nitrogens with one attached hydrogen (secondary N) is 1. The van der Waals surface area contributed by atoms with Gasteiger partial charge in [0.2, 0.25) is 0 Å². The van der Waals surface area contributed by atoms with Gasteiger partial charge in [-0.15, -0.1) is 0 Å². The molecule has 0 atom stereocenters. The molecule has 2 nitrogen and oxygen atoms in total. The average Bonchev–Trinajstić information content (AvgIpc) is 2.41. The summed E-state index contributed by atoms with van der Waals surface area (Å²) in [6.07, 6.45) is 12.6. The Morgan fingerprint density at radius 2 is 1.83 bits per heavy atom. The highest BCUT2D eigenvalue weighted by Crippen LogP contribution is 2.42. The average molecular weight is 253 g/mol. The molecule has 0 spiro atoms. The second-order valence-electron chi connectivity index (χ2n) is 6.50. The molecular formula is C16H31NO. The largest absolute Gasteiger partial charge is 0.381 e. The van der Waals surface area contributed by atoms with Crippen LogP contribution in [0.5, 0.6) is 0 Å². The Balaban J connectivity index is 1.85. The topological polar surface area (TPSA) is 21.3 Å². The quantitative estimate of drug-likeness (QED) is 0.728. The third-order valence-electron chi connectivity index (χ3n) is 4.90. The van der Waals surface area contributed by atoms with Crippen molar-refractivity contribution in [2.75, 3.05) is 26.3 Å². The highest BCUT2D eigenvalue weighted by atomic mass is 16.5. The Morgan fingerprint density at radius 3 is 2.50 bits per heavy atom. The minimum Gasteiger partial charge on any atom is -0.381 e. The molecule has 1 saturated heterocycles. The molecule has 106 valence electrons. The second kappa shape index (κ2) is 7.49. The smallest absolute Gasteiger partial charge is 0.0468 e. The summed E-state index contributed by atoms with van der Waals surface area (Å²) in [5.41, 5.74) is 0.620. The van der Waals surface area contributed by atoms with E-state index in [0.29, 0.717) is 5.41 Å². The lowest BCUT2D eigenvalue weighted by atomic mass is 9.68. The molecule has 0 aromatic rings. The molecule has 1 aliphatic carbocycles. The fraction of sp³-hybridized carbons (Fsp3) is 1.00. The van der Waals surface area contributed by atoms with Crippen LogP contribution in [0.15, 0.2) is 0 Å². The van der Waals surface area contributed by atoms with Crippen LogP contribution in [0.1, 0.15) is 64.7 Å². The van der Waals surface area contributed by atoms with Crippen molar-refractivity contribution in [1.29, 1.82) is 0 Å². The summed E-state index contributed by atoms with van der Waals surface area (Å²) in [4.78, 5) is 0. The van der Waals surface area contributed by atoms with E-state index in [-0.39, 0.29) is 0 Å². The van der Waals surface area contributed by atoms with Gasteiger partial charge in [-0.1, -0.05) is 26.2 Å². The summed E-state index contributed by atoms with van der Waals surface area (Å²) < 4.78 is 5.50. The van der Waals surface area contributed by atoms with Crippen LogP contribution < -0.4 is 5.32 Å². The molecule has 1 saturated carbocycles. The van der Waals surface area contributed by atoms with Crippen LogP contribution in [-0.2, 0) is 4.74 Å². The van der Waals surface area contributed by atoms with E-state index in [2.05, 4.69) is 12.2 Å². The van der Waals surface area contributed by atoms with Gasteiger partial charge in [-0.05, 0) is 56.4 Å². The van der Waals surface area contributed by atoms with Gasteiger partial charge in [0.25, 0.3) is 0 Å². The highest BCUT2D eigenvalue weighted by molar-refractivity contribution is 4.87. The first-order chi connectivity index (χ1) is 8.85. The Bertz CT molecular complexity index is 217. The molecular weight excluding hydrogens is 222 g/mol. The molecule has 1 aliphatic heterocycles. The van der Waals surface area contributed by atoms with E-state index < -0.39 is 0 Å². The second-order valence-corrected chi connectivity index (χ2v) is 6.50. The van der Waals surface area contributed by atoms with Gasteiger partial charge in [-0.3, -0.25) is 0 Å². The van der Waals surface area contributed by atoms with Crippen molar-refractivity contribution in [3.05, 3.63) is 0 Å². The van der Waals surface area contributed by atoms with Gasteiger partial charge in [-0.25, -0.2) is 0 Å². The fourth-order valence-corrected chi connectivity index (χ4v) is 3.85. The van der Waals surface area contributed by atoms with Crippen LogP contribution in [0, 0.1) is 11.3 Å². The molecule has 0 bridgehead atoms. The number of hydrogen-bond acceptors (Lipinski definition) is 2. The summed E-state index contributed by atoms with van der Waals surface area (Å²) in [5, 5.41) is 3.70. The molecule has 2 rings (SSSR count). The third kappa shape index (κ3) is 4.24. The zero-order chi connectivity index (χ0) is 12.7. The van der Waals surface area contributed by atoms with Crippen molar-refractivity contribution in [2.24, 2.45) is 11.3 Å². The lowest BCUT2D eigenvalue weighted by molar-refractivity contribution is 0.0374. The Kier molecular flexibility index (Phi) is 5.97. The number of rotatable bonds is 6. The summed E-state index contributed by atoms with van der Waals surface area (Å²) in [7, 11) is 0. The first-order valence-electron chi connectivity index (χ1n) is 8.13. The van der Waals surface area contributed by atoms with Gasteiger partial charge >= 0.3 is 0 Å². The third-order valence-corrected chi connectivity index (χ3v) is 4.90. The monoisotopic (exact) mass is 253 g/mol. The first kappa shape index (κ1) is 14.3. The fourth-order valence-electron chi connectivity index (χ4n) is 3.85. The molecule has 0 amide bonds. The van der Waals surface area contributed by atoms with Gasteiger partial charge in [-0.2, -0.15) is 0 Å². The van der Waals surface area contributed by atoms with E-state index in [1.165, 1.54) is 70.9 Å². The Labute approximate surface area is 113 Å². The maximum absolute atomic E-state index is 5.50. The number of hydrogen-bond donors (Lipinski definition) is 1. The summed E-state index contributed by atoms with van der Waals surface area (Å²) in [6, 6.07) is 0. The predicted octanol–water partition coefficient (Wildman–Crippen LogP) is 3.75. The first-order valence-corrected chi connectivity index (χ1v) is 8.13. The summed E-state index contributed by atoms with van der Waals surface area (Å²) >= 11 is 0. The van der Waals surface area contributed by atoms with Crippen molar-refractivity contribution in [3.8, 4) is 0 Å². The molecule has 0 aromatic carbocycles. The van der Waals surface area contributed by atoms with E-state index in [0.717, 1.165) is 19.1 Å². The zero-order valence-electron chi connectivity index (χ0n) is 12.2. The minimum absolute atomic E-state index is 0.620. The lowest BCUT2D eigenvalue weighted by Crippen LogP contribution is -2.39. The molecule has 0 unspecified atom stereocenters. The van der Waals surface area contributed by atoms with Crippen LogP contribution in [0.25, 0.3) is 0 Å². The summed E-state index contributed by atoms with van der Waals surface area (Å²) in [6.45, 7) is 6.72. The molecule has 0 radical (unpaired) electrons. The highest BCUT2D eigenvalue weighted by Gasteiger charge is 2.34. The van der Waals surface area contributed by atoms with Crippen LogP contribution in [-0.4, -0.2) is 26.3 Å². The molecule has 2 fully saturated rings. The van der Waals surface area contributed by atoms with Gasteiger partial charge in [0, 0.05) is 19.8 Å². The van der Waals surface area contributed by atoms with Crippen molar-refractivity contribution >= 4 is 0 Å². The predicted molar refractivity (Wildman–Crippen MR) is 76.8 cm³/mol. The van der Waals surface area contributed by atoms with Gasteiger partial charge in [0.05, 0.1) is 0 Å². The molecule has 1 heterocycles. The maximum atomic E-state index is 5.50. The molecule has 0 aromatic heterocycles. The van der Waals surface area contributed by atoms with Gasteiger partial charge in [0.1, 0.15) is 0 Å². The maximum Gasteiger partial charge on any atom is 0.0468 e. The van der Waals surface area contributed by atoms with E-state index in [1.807, 2.05) is 0 Å². The van der Waals surface area contributed by atoms with Crippen molar-refractivity contribution in [2.45, 2.75) is 64.7 Å². The Morgan fingerprint density at radius 1 is 1.11 bits per heavy atom. The van der Waals surface area contributed by atoms with Gasteiger partial charge in [0.15, 0.2) is 0 Å². The van der Waals surface area contributed by atoms with Crippen LogP contribution in [0.3, 0.4) is 0 Å². The molecule has 2 heteroatoms. The normalized spacial score (nSPS) is 25.2. The van der Waals surface area contributed by atoms with Crippen LogP contribution in [0.4, 0.5) is 0 Å². The Hall–Kier alpha value is -0.0800. The van der Waals surface area contributed by atoms with Crippen LogP contribution >= 0.6 is 0 Å². The van der Waals surface area contributed by atoms with Crippen molar-refractivity contribution < 1.29 is 4.74 Å². The van der Waals surface area contributed by atoms with E-state index in [1.54, 1.807) is 0 Å². The standard InChI is InChI=1S/C16H31NO/c1-2-10-17-14-16(8-4-3-5-9-16)13-15-6-11-18-12-7-15/h15,17H,2-14H2,1H3. The molecule has 1 N–H and O–H groups in total. The summed E-state index contributed by atoms with van der Waals surface area (Å²) in [5.74, 6) is 0.931. The van der Waals surface area contributed by atoms with Gasteiger partial charge < -0.3 is 10.1 Å². The minimum atomic E-state index is 0.620. The molecule has 18 heavy (non-hydrogen) atoms. The lowest BCUT2D eigenvalue weighted by Gasteiger charge is -2.41. The van der Waals surface area contributed by atoms with Crippen molar-refractivity contribution in [3.63, 3.8) is 0 Å². The van der Waals surface area contributed by atoms with E-state index >= 15 is 0 Å². The zero-order valence-corrected chi connectivity index (χ0v) is 12.2. The SMILES string of the molecule is CCCNCC1(CC2CCOCC2)CCCCC1. The van der Waals surface area contributed by atoms with E-state index in [4.69, 9.17) is 4.74 Å². The molecule has 2 aliphatic rings. The van der Waals surface area contributed by atoms with E-state index in [9.17, 15) is 0 Å². The van der Waals surface area contributed by atoms with Crippen molar-refractivity contribution in [1.82, 2.24) is 5.32 Å².